The molecule has 1 rings (SSSR count). The smallest absolute Gasteiger partial charge is 0.0550 e. The maximum Gasteiger partial charge on any atom is 0.0550 e. The van der Waals surface area contributed by atoms with E-state index in [1.807, 2.05) is 25.1 Å². The van der Waals surface area contributed by atoms with Crippen molar-refractivity contribution >= 4 is 27.3 Å². The Bertz CT molecular complexity index is 258. The molecule has 0 fully saturated rings. The summed E-state index contributed by atoms with van der Waals surface area (Å²) in [5, 5.41) is 0. The minimum absolute atomic E-state index is 0.324. The normalized spacial score (nSPS) is 12.9. The molecule has 0 saturated heterocycles. The standard InChI is InChI=1S/C8H11BrN2/c1-5(9)6-2-3-7(10)8(11)4-6/h2-5H,10-11H2,1H3. The van der Waals surface area contributed by atoms with Gasteiger partial charge in [0.15, 0.2) is 0 Å². The van der Waals surface area contributed by atoms with Crippen molar-refractivity contribution in [3.63, 3.8) is 0 Å². The van der Waals surface area contributed by atoms with E-state index >= 15 is 0 Å². The summed E-state index contributed by atoms with van der Waals surface area (Å²) in [4.78, 5) is 0.324. The molecule has 0 aliphatic carbocycles. The summed E-state index contributed by atoms with van der Waals surface area (Å²) in [6.07, 6.45) is 0. The van der Waals surface area contributed by atoms with Crippen LogP contribution >= 0.6 is 15.9 Å². The zero-order valence-electron chi connectivity index (χ0n) is 6.34. The Kier molecular flexibility index (Phi) is 2.39. The van der Waals surface area contributed by atoms with Crippen molar-refractivity contribution in [1.29, 1.82) is 0 Å². The maximum absolute atomic E-state index is 5.61. The highest BCUT2D eigenvalue weighted by atomic mass is 79.9. The lowest BCUT2D eigenvalue weighted by Gasteiger charge is -2.05. The second-order valence-corrected chi connectivity index (χ2v) is 3.88. The van der Waals surface area contributed by atoms with E-state index in [4.69, 9.17) is 11.5 Å². The van der Waals surface area contributed by atoms with Gasteiger partial charge in [-0.3, -0.25) is 0 Å². The average molecular weight is 215 g/mol. The molecule has 60 valence electrons. The van der Waals surface area contributed by atoms with Crippen LogP contribution in [0.2, 0.25) is 0 Å². The largest absolute Gasteiger partial charge is 0.397 e. The van der Waals surface area contributed by atoms with Gasteiger partial charge in [0.1, 0.15) is 0 Å². The quantitative estimate of drug-likeness (QED) is 0.557. The Morgan fingerprint density at radius 2 is 1.91 bits per heavy atom. The molecular weight excluding hydrogens is 204 g/mol. The van der Waals surface area contributed by atoms with E-state index in [1.54, 1.807) is 0 Å². The lowest BCUT2D eigenvalue weighted by atomic mass is 10.1. The van der Waals surface area contributed by atoms with Crippen molar-refractivity contribution in [2.24, 2.45) is 0 Å². The highest BCUT2D eigenvalue weighted by molar-refractivity contribution is 9.09. The minimum Gasteiger partial charge on any atom is -0.397 e. The molecule has 2 nitrogen and oxygen atoms in total. The van der Waals surface area contributed by atoms with Crippen molar-refractivity contribution in [3.05, 3.63) is 23.8 Å². The monoisotopic (exact) mass is 214 g/mol. The molecule has 0 bridgehead atoms. The van der Waals surface area contributed by atoms with Crippen molar-refractivity contribution in [3.8, 4) is 0 Å². The van der Waals surface area contributed by atoms with Gasteiger partial charge in [0.2, 0.25) is 0 Å². The molecule has 0 aliphatic rings. The van der Waals surface area contributed by atoms with Crippen LogP contribution in [0.15, 0.2) is 18.2 Å². The molecule has 0 aliphatic heterocycles. The third kappa shape index (κ3) is 1.87. The van der Waals surface area contributed by atoms with Crippen LogP contribution in [0.3, 0.4) is 0 Å². The van der Waals surface area contributed by atoms with Crippen LogP contribution in [0.5, 0.6) is 0 Å². The number of alkyl halides is 1. The molecule has 0 aromatic heterocycles. The van der Waals surface area contributed by atoms with Gasteiger partial charge in [-0.25, -0.2) is 0 Å². The van der Waals surface area contributed by atoms with Gasteiger partial charge in [-0.1, -0.05) is 22.0 Å². The molecule has 1 unspecified atom stereocenters. The summed E-state index contributed by atoms with van der Waals surface area (Å²) in [6.45, 7) is 2.05. The van der Waals surface area contributed by atoms with E-state index in [0.29, 0.717) is 16.2 Å². The fourth-order valence-electron chi connectivity index (χ4n) is 0.841. The van der Waals surface area contributed by atoms with Crippen LogP contribution in [0.25, 0.3) is 0 Å². The molecule has 1 atom stereocenters. The Labute approximate surface area is 74.7 Å². The molecule has 0 amide bonds. The van der Waals surface area contributed by atoms with Crippen LogP contribution in [-0.4, -0.2) is 0 Å². The number of anilines is 2. The van der Waals surface area contributed by atoms with E-state index in [-0.39, 0.29) is 0 Å². The number of nitrogen functional groups attached to an aromatic ring is 2. The topological polar surface area (TPSA) is 52.0 Å². The van der Waals surface area contributed by atoms with Crippen LogP contribution in [-0.2, 0) is 0 Å². The molecule has 4 N–H and O–H groups in total. The Hall–Kier alpha value is -0.700. The third-order valence-corrected chi connectivity index (χ3v) is 2.10. The van der Waals surface area contributed by atoms with Gasteiger partial charge in [0, 0.05) is 4.83 Å². The van der Waals surface area contributed by atoms with Gasteiger partial charge in [0.25, 0.3) is 0 Å². The van der Waals surface area contributed by atoms with E-state index in [9.17, 15) is 0 Å². The van der Waals surface area contributed by atoms with Gasteiger partial charge < -0.3 is 11.5 Å². The number of halogens is 1. The fourth-order valence-corrected chi connectivity index (χ4v) is 1.13. The molecule has 0 radical (unpaired) electrons. The number of nitrogens with two attached hydrogens (primary N) is 2. The first-order chi connectivity index (χ1) is 5.11. The minimum atomic E-state index is 0.324. The summed E-state index contributed by atoms with van der Waals surface area (Å²) >= 11 is 3.44. The molecule has 11 heavy (non-hydrogen) atoms. The lowest BCUT2D eigenvalue weighted by molar-refractivity contribution is 1.13. The van der Waals surface area contributed by atoms with E-state index in [0.717, 1.165) is 5.56 Å². The second-order valence-electron chi connectivity index (χ2n) is 2.50. The first kappa shape index (κ1) is 8.40. The van der Waals surface area contributed by atoms with Crippen LogP contribution < -0.4 is 11.5 Å². The van der Waals surface area contributed by atoms with Gasteiger partial charge in [-0.2, -0.15) is 0 Å². The predicted octanol–water partition coefficient (Wildman–Crippen LogP) is 2.31. The van der Waals surface area contributed by atoms with Gasteiger partial charge in [0.05, 0.1) is 11.4 Å². The molecule has 0 heterocycles. The van der Waals surface area contributed by atoms with Crippen LogP contribution in [0.4, 0.5) is 11.4 Å². The number of rotatable bonds is 1. The van der Waals surface area contributed by atoms with Crippen molar-refractivity contribution in [1.82, 2.24) is 0 Å². The summed E-state index contributed by atoms with van der Waals surface area (Å²) in [7, 11) is 0. The summed E-state index contributed by atoms with van der Waals surface area (Å²) in [5.74, 6) is 0. The zero-order chi connectivity index (χ0) is 8.43. The second kappa shape index (κ2) is 3.13. The van der Waals surface area contributed by atoms with Crippen molar-refractivity contribution < 1.29 is 0 Å². The Morgan fingerprint density at radius 3 is 2.36 bits per heavy atom. The Balaban J connectivity index is 3.05. The third-order valence-electron chi connectivity index (χ3n) is 1.57. The molecule has 1 aromatic carbocycles. The molecule has 1 aromatic rings. The molecule has 0 saturated carbocycles. The molecule has 3 heteroatoms. The average Bonchev–Trinajstić information content (AvgIpc) is 1.94. The summed E-state index contributed by atoms with van der Waals surface area (Å²) in [6, 6.07) is 5.67. The van der Waals surface area contributed by atoms with Crippen molar-refractivity contribution in [2.45, 2.75) is 11.8 Å². The van der Waals surface area contributed by atoms with Crippen molar-refractivity contribution in [2.75, 3.05) is 11.5 Å². The van der Waals surface area contributed by atoms with Gasteiger partial charge in [-0.15, -0.1) is 0 Å². The highest BCUT2D eigenvalue weighted by Crippen LogP contribution is 2.25. The first-order valence-electron chi connectivity index (χ1n) is 3.40. The van der Waals surface area contributed by atoms with Gasteiger partial charge in [-0.05, 0) is 24.6 Å². The lowest BCUT2D eigenvalue weighted by Crippen LogP contribution is -1.95. The maximum atomic E-state index is 5.61. The van der Waals surface area contributed by atoms with Crippen LogP contribution in [0.1, 0.15) is 17.3 Å². The number of benzene rings is 1. The molecular formula is C8H11BrN2. The first-order valence-corrected chi connectivity index (χ1v) is 4.32. The van der Waals surface area contributed by atoms with E-state index in [1.165, 1.54) is 0 Å². The van der Waals surface area contributed by atoms with E-state index in [2.05, 4.69) is 15.9 Å². The number of hydrogen-bond donors (Lipinski definition) is 2. The van der Waals surface area contributed by atoms with E-state index < -0.39 is 0 Å². The number of hydrogen-bond acceptors (Lipinski definition) is 2. The summed E-state index contributed by atoms with van der Waals surface area (Å²) < 4.78 is 0. The summed E-state index contributed by atoms with van der Waals surface area (Å²) in [5.41, 5.74) is 13.6. The Morgan fingerprint density at radius 1 is 1.27 bits per heavy atom. The van der Waals surface area contributed by atoms with Gasteiger partial charge >= 0.3 is 0 Å². The molecule has 0 spiro atoms. The predicted molar refractivity (Wildman–Crippen MR) is 52.6 cm³/mol. The van der Waals surface area contributed by atoms with Crippen LogP contribution in [0, 0.1) is 0 Å². The highest BCUT2D eigenvalue weighted by Gasteiger charge is 2.01. The zero-order valence-corrected chi connectivity index (χ0v) is 7.93. The fraction of sp³-hybridized carbons (Fsp3) is 0.250. The SMILES string of the molecule is CC(Br)c1ccc(N)c(N)c1.